The van der Waals surface area contributed by atoms with Crippen molar-refractivity contribution in [3.05, 3.63) is 65.5 Å². The average molecular weight is 563 g/mol. The minimum atomic E-state index is -5.08. The summed E-state index contributed by atoms with van der Waals surface area (Å²) >= 11 is 0. The predicted molar refractivity (Wildman–Crippen MR) is 126 cm³/mol. The lowest BCUT2D eigenvalue weighted by atomic mass is 9.93. The van der Waals surface area contributed by atoms with Gasteiger partial charge >= 0.3 is 24.3 Å². The summed E-state index contributed by atoms with van der Waals surface area (Å²) in [5, 5.41) is 14.2. The number of hydrogen-bond acceptors (Lipinski definition) is 5. The third-order valence-electron chi connectivity index (χ3n) is 6.42. The van der Waals surface area contributed by atoms with Crippen molar-refractivity contribution in [1.82, 2.24) is 14.8 Å². The van der Waals surface area contributed by atoms with E-state index in [4.69, 9.17) is 19.8 Å². The Morgan fingerprint density at radius 1 is 0.923 bits per heavy atom. The van der Waals surface area contributed by atoms with Crippen LogP contribution in [0.25, 0.3) is 0 Å². The van der Waals surface area contributed by atoms with Crippen LogP contribution in [0, 0.1) is 5.92 Å². The molecule has 1 aliphatic heterocycles. The second-order valence-corrected chi connectivity index (χ2v) is 9.16. The Bertz CT molecular complexity index is 1130. The molecule has 39 heavy (non-hydrogen) atoms. The Kier molecular flexibility index (Phi) is 10.1. The molecule has 2 aromatic rings. The maximum Gasteiger partial charge on any atom is 0.490 e. The minimum Gasteiger partial charge on any atom is -0.475 e. The first-order valence-corrected chi connectivity index (χ1v) is 11.6. The number of halogens is 6. The Morgan fingerprint density at radius 2 is 1.44 bits per heavy atom. The van der Waals surface area contributed by atoms with Gasteiger partial charge in [0.1, 0.15) is 0 Å². The van der Waals surface area contributed by atoms with Crippen LogP contribution in [-0.2, 0) is 9.59 Å². The van der Waals surface area contributed by atoms with Crippen LogP contribution < -0.4 is 0 Å². The van der Waals surface area contributed by atoms with Crippen LogP contribution in [0.5, 0.6) is 0 Å². The van der Waals surface area contributed by atoms with E-state index in [0.29, 0.717) is 29.5 Å². The Labute approximate surface area is 219 Å². The molecule has 1 amide bonds. The van der Waals surface area contributed by atoms with E-state index < -0.39 is 24.3 Å². The average Bonchev–Trinajstić information content (AvgIpc) is 3.40. The molecule has 1 aromatic carbocycles. The Morgan fingerprint density at radius 3 is 1.87 bits per heavy atom. The van der Waals surface area contributed by atoms with Gasteiger partial charge in [-0.2, -0.15) is 26.3 Å². The van der Waals surface area contributed by atoms with Gasteiger partial charge in [-0.15, -0.1) is 0 Å². The highest BCUT2D eigenvalue weighted by Gasteiger charge is 2.49. The number of pyridine rings is 1. The Hall–Kier alpha value is -3.68. The zero-order chi connectivity index (χ0) is 29.7. The summed E-state index contributed by atoms with van der Waals surface area (Å²) in [4.78, 5) is 39.2. The number of rotatable bonds is 3. The van der Waals surface area contributed by atoms with E-state index in [1.54, 1.807) is 12.4 Å². The molecule has 1 saturated heterocycles. The summed E-state index contributed by atoms with van der Waals surface area (Å²) in [6.45, 7) is 6.10. The van der Waals surface area contributed by atoms with Gasteiger partial charge in [-0.25, -0.2) is 9.59 Å². The molecule has 3 atom stereocenters. The van der Waals surface area contributed by atoms with Gasteiger partial charge in [-0.1, -0.05) is 24.3 Å². The lowest BCUT2D eigenvalue weighted by Crippen LogP contribution is -2.36. The van der Waals surface area contributed by atoms with Crippen LogP contribution >= 0.6 is 0 Å². The van der Waals surface area contributed by atoms with E-state index >= 15 is 0 Å². The van der Waals surface area contributed by atoms with Crippen LogP contribution in [0.3, 0.4) is 0 Å². The van der Waals surface area contributed by atoms with Crippen molar-refractivity contribution in [2.24, 2.45) is 5.92 Å². The maximum atomic E-state index is 12.9. The number of likely N-dealkylation sites (tertiary alicyclic amines) is 1. The highest BCUT2D eigenvalue weighted by atomic mass is 19.4. The number of carboxylic acids is 2. The monoisotopic (exact) mass is 563 g/mol. The van der Waals surface area contributed by atoms with E-state index in [0.717, 1.165) is 13.1 Å². The molecule has 4 rings (SSSR count). The summed E-state index contributed by atoms with van der Waals surface area (Å²) in [5.41, 5.74) is 3.55. The fraction of sp³-hybridized carbons (Fsp3) is 0.440. The molecule has 8 nitrogen and oxygen atoms in total. The number of carbonyl (C=O) groups excluding carboxylic acids is 1. The molecule has 1 aliphatic carbocycles. The van der Waals surface area contributed by atoms with Gasteiger partial charge in [0.2, 0.25) is 0 Å². The molecule has 14 heteroatoms. The van der Waals surface area contributed by atoms with Gasteiger partial charge in [-0.05, 0) is 44.2 Å². The number of nitrogens with zero attached hydrogens (tertiary/aromatic N) is 3. The van der Waals surface area contributed by atoms with E-state index in [1.165, 1.54) is 11.1 Å². The van der Waals surface area contributed by atoms with Crippen molar-refractivity contribution >= 4 is 17.8 Å². The summed E-state index contributed by atoms with van der Waals surface area (Å²) < 4.78 is 63.5. The molecule has 2 aliphatic rings. The summed E-state index contributed by atoms with van der Waals surface area (Å²) in [5.74, 6) is -4.51. The third-order valence-corrected chi connectivity index (χ3v) is 6.42. The van der Waals surface area contributed by atoms with Crippen LogP contribution in [-0.4, -0.2) is 81.4 Å². The van der Waals surface area contributed by atoms with Crippen LogP contribution in [0.15, 0.2) is 48.8 Å². The first kappa shape index (κ1) is 31.5. The van der Waals surface area contributed by atoms with Gasteiger partial charge in [0.05, 0.1) is 5.56 Å². The number of carbonyl (C=O) groups is 3. The quantitative estimate of drug-likeness (QED) is 0.526. The highest BCUT2D eigenvalue weighted by molar-refractivity contribution is 5.94. The zero-order valence-electron chi connectivity index (χ0n) is 21.1. The van der Waals surface area contributed by atoms with Crippen LogP contribution in [0.2, 0.25) is 0 Å². The molecule has 0 radical (unpaired) electrons. The predicted octanol–water partition coefficient (Wildman–Crippen LogP) is 4.60. The number of hydrogen-bond donors (Lipinski definition) is 2. The molecule has 0 bridgehead atoms. The molecular formula is C25H27F6N3O5. The zero-order valence-corrected chi connectivity index (χ0v) is 21.1. The van der Waals surface area contributed by atoms with E-state index in [-0.39, 0.29) is 5.91 Å². The molecule has 2 heterocycles. The summed E-state index contributed by atoms with van der Waals surface area (Å²) in [6.07, 6.45) is -6.79. The number of alkyl halides is 6. The fourth-order valence-electron chi connectivity index (χ4n) is 4.51. The number of fused-ring (bicyclic) bond motifs is 3. The molecule has 0 spiro atoms. The first-order valence-electron chi connectivity index (χ1n) is 11.6. The molecular weight excluding hydrogens is 536 g/mol. The number of benzene rings is 1. The van der Waals surface area contributed by atoms with Crippen molar-refractivity contribution in [3.8, 4) is 0 Å². The van der Waals surface area contributed by atoms with Gasteiger partial charge in [0.25, 0.3) is 5.91 Å². The molecule has 0 unspecified atom stereocenters. The second kappa shape index (κ2) is 12.5. The number of carboxylic acid groups (broad SMARTS) is 2. The van der Waals surface area contributed by atoms with Crippen molar-refractivity contribution in [2.45, 2.75) is 44.2 Å². The first-order chi connectivity index (χ1) is 18.0. The summed E-state index contributed by atoms with van der Waals surface area (Å²) in [6, 6.07) is 13.3. The minimum absolute atomic E-state index is 0.103. The Balaban J connectivity index is 0.000000317. The highest BCUT2D eigenvalue weighted by Crippen LogP contribution is 2.51. The van der Waals surface area contributed by atoms with Crippen LogP contribution in [0.1, 0.15) is 47.3 Å². The van der Waals surface area contributed by atoms with E-state index in [2.05, 4.69) is 55.0 Å². The SMILES string of the molecule is CC(C)N(C)[C@H]1c2ccccc2[C@@H]2CN(C(=O)c3cccnc3)C[C@@H]21.O=C(O)C(F)(F)F.O=C(O)C(F)(F)F. The van der Waals surface area contributed by atoms with E-state index in [1.807, 2.05) is 17.0 Å². The topological polar surface area (TPSA) is 111 Å². The molecule has 2 N–H and O–H groups in total. The van der Waals surface area contributed by atoms with Gasteiger partial charge in [0, 0.05) is 49.4 Å². The van der Waals surface area contributed by atoms with Gasteiger partial charge in [0.15, 0.2) is 0 Å². The van der Waals surface area contributed by atoms with Crippen molar-refractivity contribution in [3.63, 3.8) is 0 Å². The maximum absolute atomic E-state index is 12.9. The number of aromatic nitrogens is 1. The van der Waals surface area contributed by atoms with E-state index in [9.17, 15) is 31.1 Å². The largest absolute Gasteiger partial charge is 0.490 e. The lowest BCUT2D eigenvalue weighted by molar-refractivity contribution is -0.193. The lowest BCUT2D eigenvalue weighted by Gasteiger charge is -2.33. The number of amides is 1. The van der Waals surface area contributed by atoms with Crippen molar-refractivity contribution in [2.75, 3.05) is 20.1 Å². The molecule has 0 saturated carbocycles. The standard InChI is InChI=1S/C21H25N3O.2C2HF3O2/c1-14(2)23(3)20-17-9-5-4-8-16(17)18-12-24(13-19(18)20)21(25)15-7-6-10-22-11-15;2*3-2(4,5)1(6)7/h4-11,14,18-20H,12-13H2,1-3H3;2*(H,6,7)/t18-,19-,20-;;/m0../s1. The smallest absolute Gasteiger partial charge is 0.475 e. The van der Waals surface area contributed by atoms with Crippen molar-refractivity contribution < 1.29 is 50.9 Å². The molecule has 1 fully saturated rings. The fourth-order valence-corrected chi connectivity index (χ4v) is 4.51. The van der Waals surface area contributed by atoms with Crippen molar-refractivity contribution in [1.29, 1.82) is 0 Å². The second-order valence-electron chi connectivity index (χ2n) is 9.16. The normalized spacial score (nSPS) is 19.9. The van der Waals surface area contributed by atoms with Crippen LogP contribution in [0.4, 0.5) is 26.3 Å². The summed E-state index contributed by atoms with van der Waals surface area (Å²) in [7, 11) is 2.21. The third kappa shape index (κ3) is 7.91. The molecule has 214 valence electrons. The van der Waals surface area contributed by atoms with Gasteiger partial charge in [-0.3, -0.25) is 14.7 Å². The van der Waals surface area contributed by atoms with Gasteiger partial charge < -0.3 is 15.1 Å². The number of aliphatic carboxylic acids is 2. The molecule has 1 aromatic heterocycles.